The second kappa shape index (κ2) is 31.9. The van der Waals surface area contributed by atoms with Crippen molar-refractivity contribution in [2.45, 2.75) is 142 Å². The SMILES string of the molecule is CC/C=C\C/C=C\C/C=C\CCCCCC(=O)OC(COC(=O)CCCCCCC/C=C\CCCCC)COP(=O)(O)OCC[N+](C)(C)C. The van der Waals surface area contributed by atoms with Crippen molar-refractivity contribution in [2.75, 3.05) is 47.5 Å². The van der Waals surface area contributed by atoms with E-state index in [0.717, 1.165) is 77.0 Å². The maximum absolute atomic E-state index is 12.6. The largest absolute Gasteiger partial charge is 0.472 e. The maximum atomic E-state index is 12.6. The van der Waals surface area contributed by atoms with Crippen molar-refractivity contribution in [3.63, 3.8) is 0 Å². The molecule has 0 aliphatic carbocycles. The molecule has 0 bridgehead atoms. The average molecular weight is 713 g/mol. The maximum Gasteiger partial charge on any atom is 0.472 e. The summed E-state index contributed by atoms with van der Waals surface area (Å²) in [7, 11) is 1.44. The van der Waals surface area contributed by atoms with E-state index in [1.54, 1.807) is 0 Å². The Bertz CT molecular complexity index is 986. The van der Waals surface area contributed by atoms with Gasteiger partial charge in [-0.2, -0.15) is 0 Å². The van der Waals surface area contributed by atoms with Gasteiger partial charge in [0.25, 0.3) is 0 Å². The van der Waals surface area contributed by atoms with E-state index in [9.17, 15) is 19.0 Å². The number of carbonyl (C=O) groups is 2. The van der Waals surface area contributed by atoms with Crippen LogP contribution in [0.4, 0.5) is 0 Å². The van der Waals surface area contributed by atoms with Crippen molar-refractivity contribution in [3.05, 3.63) is 48.6 Å². The lowest BCUT2D eigenvalue weighted by molar-refractivity contribution is -0.870. The zero-order chi connectivity index (χ0) is 36.5. The van der Waals surface area contributed by atoms with Gasteiger partial charge in [0.15, 0.2) is 6.10 Å². The Morgan fingerprint density at radius 3 is 1.78 bits per heavy atom. The van der Waals surface area contributed by atoms with Crippen LogP contribution in [-0.2, 0) is 32.7 Å². The third kappa shape index (κ3) is 35.6. The van der Waals surface area contributed by atoms with Gasteiger partial charge in [0.05, 0.1) is 27.7 Å². The number of hydrogen-bond donors (Lipinski definition) is 1. The number of nitrogens with zero attached hydrogens (tertiary/aromatic N) is 1. The van der Waals surface area contributed by atoms with Crippen LogP contribution in [0.1, 0.15) is 136 Å². The van der Waals surface area contributed by atoms with Gasteiger partial charge in [0, 0.05) is 12.8 Å². The van der Waals surface area contributed by atoms with Gasteiger partial charge in [0.1, 0.15) is 19.8 Å². The molecule has 49 heavy (non-hydrogen) atoms. The van der Waals surface area contributed by atoms with Gasteiger partial charge < -0.3 is 18.9 Å². The molecule has 0 radical (unpaired) electrons. The van der Waals surface area contributed by atoms with Crippen molar-refractivity contribution < 1.29 is 42.1 Å². The minimum Gasteiger partial charge on any atom is -0.462 e. The fourth-order valence-corrected chi connectivity index (χ4v) is 5.35. The van der Waals surface area contributed by atoms with E-state index in [4.69, 9.17) is 18.5 Å². The molecule has 0 amide bonds. The highest BCUT2D eigenvalue weighted by atomic mass is 31.2. The molecule has 0 aliphatic heterocycles. The summed E-state index contributed by atoms with van der Waals surface area (Å²) in [5.41, 5.74) is 0. The van der Waals surface area contributed by atoms with E-state index in [1.807, 2.05) is 21.1 Å². The zero-order valence-corrected chi connectivity index (χ0v) is 32.6. The average Bonchev–Trinajstić information content (AvgIpc) is 3.04. The van der Waals surface area contributed by atoms with Crippen LogP contribution in [0.15, 0.2) is 48.6 Å². The summed E-state index contributed by atoms with van der Waals surface area (Å²) < 4.78 is 34.1. The third-order valence-corrected chi connectivity index (χ3v) is 8.58. The van der Waals surface area contributed by atoms with E-state index < -0.39 is 26.5 Å². The molecule has 2 atom stereocenters. The lowest BCUT2D eigenvalue weighted by Gasteiger charge is -2.24. The zero-order valence-electron chi connectivity index (χ0n) is 31.7. The molecule has 284 valence electrons. The van der Waals surface area contributed by atoms with Gasteiger partial charge in [-0.3, -0.25) is 18.6 Å². The monoisotopic (exact) mass is 712 g/mol. The van der Waals surface area contributed by atoms with Crippen LogP contribution in [0.2, 0.25) is 0 Å². The highest BCUT2D eigenvalue weighted by molar-refractivity contribution is 7.47. The summed E-state index contributed by atoms with van der Waals surface area (Å²) in [6.07, 6.45) is 34.5. The van der Waals surface area contributed by atoms with E-state index in [-0.39, 0.29) is 32.0 Å². The predicted molar refractivity (Wildman–Crippen MR) is 201 cm³/mol. The van der Waals surface area contributed by atoms with Crippen molar-refractivity contribution in [1.82, 2.24) is 0 Å². The van der Waals surface area contributed by atoms with Crippen molar-refractivity contribution in [1.29, 1.82) is 0 Å². The van der Waals surface area contributed by atoms with Crippen molar-refractivity contribution in [3.8, 4) is 0 Å². The van der Waals surface area contributed by atoms with Crippen molar-refractivity contribution >= 4 is 19.8 Å². The van der Waals surface area contributed by atoms with Crippen LogP contribution >= 0.6 is 7.82 Å². The number of allylic oxidation sites excluding steroid dienone is 8. The number of quaternary nitrogens is 1. The van der Waals surface area contributed by atoms with Gasteiger partial charge in [-0.25, -0.2) is 4.57 Å². The number of hydrogen-bond acceptors (Lipinski definition) is 7. The first-order valence-corrected chi connectivity index (χ1v) is 20.4. The summed E-state index contributed by atoms with van der Waals surface area (Å²) in [6.45, 7) is 4.20. The number of unbranched alkanes of at least 4 members (excludes halogenated alkanes) is 11. The lowest BCUT2D eigenvalue weighted by atomic mass is 10.1. The Morgan fingerprint density at radius 1 is 0.653 bits per heavy atom. The van der Waals surface area contributed by atoms with Crippen LogP contribution in [0, 0.1) is 0 Å². The second-order valence-electron chi connectivity index (χ2n) is 13.6. The number of esters is 2. The summed E-state index contributed by atoms with van der Waals surface area (Å²) in [4.78, 5) is 35.1. The molecule has 0 spiro atoms. The molecule has 0 rings (SSSR count). The number of carbonyl (C=O) groups excluding carboxylic acids is 2. The van der Waals surface area contributed by atoms with Crippen LogP contribution in [0.3, 0.4) is 0 Å². The standard InChI is InChI=1S/C39H70NO8P/c1-6-8-10-12-14-16-18-20-22-24-26-28-30-32-39(42)48-37(36-47-49(43,44)46-34-33-40(3,4)5)35-45-38(41)31-29-27-25-23-21-19-17-15-13-11-9-7-2/h8,10,14-17,20,22,37H,6-7,9,11-13,18-19,21,23-36H2,1-5H3/p+1/b10-8-,16-14-,17-15-,22-20-. The molecule has 0 aliphatic rings. The Kier molecular flexibility index (Phi) is 30.6. The smallest absolute Gasteiger partial charge is 0.462 e. The molecule has 0 saturated carbocycles. The molecule has 9 nitrogen and oxygen atoms in total. The van der Waals surface area contributed by atoms with Crippen LogP contribution < -0.4 is 0 Å². The Balaban J connectivity index is 4.53. The van der Waals surface area contributed by atoms with E-state index in [0.29, 0.717) is 17.4 Å². The first kappa shape index (κ1) is 47.0. The lowest BCUT2D eigenvalue weighted by Crippen LogP contribution is -2.37. The fourth-order valence-electron chi connectivity index (χ4n) is 4.61. The highest BCUT2D eigenvalue weighted by Crippen LogP contribution is 2.43. The summed E-state index contributed by atoms with van der Waals surface area (Å²) in [6, 6.07) is 0. The molecule has 10 heteroatoms. The molecule has 0 aromatic heterocycles. The van der Waals surface area contributed by atoms with E-state index in [2.05, 4.69) is 62.5 Å². The fraction of sp³-hybridized carbons (Fsp3) is 0.744. The van der Waals surface area contributed by atoms with Crippen molar-refractivity contribution in [2.24, 2.45) is 0 Å². The van der Waals surface area contributed by atoms with Crippen LogP contribution in [-0.4, -0.2) is 74.9 Å². The first-order chi connectivity index (χ1) is 23.5. The number of ether oxygens (including phenoxy) is 2. The normalized spacial score (nSPS) is 14.3. The number of phosphoric ester groups is 1. The Labute approximate surface area is 299 Å². The summed E-state index contributed by atoms with van der Waals surface area (Å²) in [5, 5.41) is 0. The molecule has 0 aromatic carbocycles. The molecule has 0 heterocycles. The minimum absolute atomic E-state index is 0.0228. The Hall–Kier alpha value is -2.03. The predicted octanol–water partition coefficient (Wildman–Crippen LogP) is 9.96. The third-order valence-electron chi connectivity index (χ3n) is 7.59. The van der Waals surface area contributed by atoms with E-state index >= 15 is 0 Å². The molecular weight excluding hydrogens is 641 g/mol. The number of likely N-dealkylation sites (N-methyl/N-ethyl adjacent to an activating group) is 1. The Morgan fingerprint density at radius 2 is 1.16 bits per heavy atom. The van der Waals surface area contributed by atoms with Gasteiger partial charge in [-0.05, 0) is 70.6 Å². The number of rotatable bonds is 33. The second-order valence-corrected chi connectivity index (χ2v) is 15.0. The summed E-state index contributed by atoms with van der Waals surface area (Å²) in [5.74, 6) is -0.851. The van der Waals surface area contributed by atoms with Crippen LogP contribution in [0.25, 0.3) is 0 Å². The van der Waals surface area contributed by atoms with Gasteiger partial charge in [-0.15, -0.1) is 0 Å². The van der Waals surface area contributed by atoms with Gasteiger partial charge in [-0.1, -0.05) is 101 Å². The van der Waals surface area contributed by atoms with E-state index in [1.165, 1.54) is 25.7 Å². The molecule has 1 N–H and O–H groups in total. The molecular formula is C39H71NO8P+. The van der Waals surface area contributed by atoms with Crippen LogP contribution in [0.5, 0.6) is 0 Å². The molecule has 0 fully saturated rings. The number of phosphoric acid groups is 1. The molecule has 0 saturated heterocycles. The molecule has 2 unspecified atom stereocenters. The van der Waals surface area contributed by atoms with Gasteiger partial charge in [0.2, 0.25) is 0 Å². The molecule has 0 aromatic rings. The first-order valence-electron chi connectivity index (χ1n) is 18.9. The minimum atomic E-state index is -4.38. The van der Waals surface area contributed by atoms with Gasteiger partial charge >= 0.3 is 19.8 Å². The quantitative estimate of drug-likeness (QED) is 0.0236. The topological polar surface area (TPSA) is 108 Å². The summed E-state index contributed by atoms with van der Waals surface area (Å²) >= 11 is 0. The highest BCUT2D eigenvalue weighted by Gasteiger charge is 2.27.